The maximum Gasteiger partial charge on any atom is 0.319 e. The highest BCUT2D eigenvalue weighted by Crippen LogP contribution is 2.35. The van der Waals surface area contributed by atoms with Gasteiger partial charge in [-0.25, -0.2) is 4.79 Å². The summed E-state index contributed by atoms with van der Waals surface area (Å²) in [7, 11) is 0. The highest BCUT2D eigenvalue weighted by Gasteiger charge is 2.36. The first-order valence-electron chi connectivity index (χ1n) is 12.5. The molecule has 35 heavy (non-hydrogen) atoms. The Bertz CT molecular complexity index is 1300. The van der Waals surface area contributed by atoms with Crippen LogP contribution in [0.25, 0.3) is 22.2 Å². The Morgan fingerprint density at radius 1 is 0.943 bits per heavy atom. The van der Waals surface area contributed by atoms with Gasteiger partial charge in [0.2, 0.25) is 0 Å². The normalized spacial score (nSPS) is 16.9. The van der Waals surface area contributed by atoms with Crippen molar-refractivity contribution < 1.29 is 4.79 Å². The Kier molecular flexibility index (Phi) is 5.92. The predicted octanol–water partition coefficient (Wildman–Crippen LogP) is 5.22. The number of anilines is 1. The molecular formula is C28H30N6O. The molecule has 0 atom stereocenters. The number of pyridine rings is 1. The van der Waals surface area contributed by atoms with Crippen molar-refractivity contribution in [2.45, 2.75) is 44.3 Å². The van der Waals surface area contributed by atoms with Crippen molar-refractivity contribution in [2.24, 2.45) is 0 Å². The van der Waals surface area contributed by atoms with Gasteiger partial charge in [-0.05, 0) is 42.7 Å². The van der Waals surface area contributed by atoms with Crippen molar-refractivity contribution in [2.75, 3.05) is 18.4 Å². The molecule has 4 aromatic rings. The number of hydrogen-bond donors (Lipinski definition) is 2. The van der Waals surface area contributed by atoms with Crippen molar-refractivity contribution in [1.29, 1.82) is 0 Å². The number of nitrogens with zero attached hydrogens (tertiary/aromatic N) is 4. The summed E-state index contributed by atoms with van der Waals surface area (Å²) in [5.74, 6) is 0. The van der Waals surface area contributed by atoms with E-state index in [1.54, 1.807) is 12.4 Å². The number of carbonyl (C=O) groups excluding carboxylic acids is 1. The quantitative estimate of drug-likeness (QED) is 0.409. The minimum absolute atomic E-state index is 0.242. The molecule has 2 fully saturated rings. The van der Waals surface area contributed by atoms with E-state index < -0.39 is 0 Å². The van der Waals surface area contributed by atoms with Gasteiger partial charge in [-0.15, -0.1) is 0 Å². The van der Waals surface area contributed by atoms with Crippen molar-refractivity contribution in [3.63, 3.8) is 0 Å². The molecule has 7 heteroatoms. The highest BCUT2D eigenvalue weighted by molar-refractivity contribution is 5.94. The average molecular weight is 467 g/mol. The maximum atomic E-state index is 12.3. The Balaban J connectivity index is 1.15. The van der Waals surface area contributed by atoms with E-state index in [9.17, 15) is 4.79 Å². The summed E-state index contributed by atoms with van der Waals surface area (Å²) in [5.41, 5.74) is 4.93. The highest BCUT2D eigenvalue weighted by atomic mass is 16.2. The van der Waals surface area contributed by atoms with Gasteiger partial charge < -0.3 is 10.6 Å². The monoisotopic (exact) mass is 466 g/mol. The Hall–Kier alpha value is -3.71. The molecule has 2 amide bonds. The van der Waals surface area contributed by atoms with Crippen molar-refractivity contribution in [3.05, 3.63) is 78.6 Å². The molecule has 1 saturated heterocycles. The number of benzene rings is 2. The molecule has 178 valence electrons. The van der Waals surface area contributed by atoms with Crippen LogP contribution in [0.3, 0.4) is 0 Å². The molecule has 6 rings (SSSR count). The number of carbonyl (C=O) groups is 1. The zero-order chi connectivity index (χ0) is 23.6. The lowest BCUT2D eigenvalue weighted by atomic mass is 10.0. The minimum Gasteiger partial charge on any atom is -0.334 e. The van der Waals surface area contributed by atoms with Gasteiger partial charge in [0.05, 0.1) is 11.6 Å². The number of para-hydroxylation sites is 1. The minimum atomic E-state index is -0.242. The second-order valence-corrected chi connectivity index (χ2v) is 9.60. The molecule has 2 aromatic carbocycles. The molecule has 1 aliphatic carbocycles. The average Bonchev–Trinajstić information content (AvgIpc) is 3.52. The van der Waals surface area contributed by atoms with E-state index in [4.69, 9.17) is 5.10 Å². The largest absolute Gasteiger partial charge is 0.334 e. The maximum absolute atomic E-state index is 12.3. The van der Waals surface area contributed by atoms with Crippen LogP contribution in [-0.2, 0) is 6.54 Å². The summed E-state index contributed by atoms with van der Waals surface area (Å²) in [6.45, 7) is 2.61. The molecule has 1 saturated carbocycles. The lowest BCUT2D eigenvalue weighted by molar-refractivity contribution is 0.0577. The topological polar surface area (TPSA) is 75.1 Å². The second-order valence-electron chi connectivity index (χ2n) is 9.60. The van der Waals surface area contributed by atoms with Crippen LogP contribution in [0, 0.1) is 0 Å². The Morgan fingerprint density at radius 3 is 2.51 bits per heavy atom. The summed E-state index contributed by atoms with van der Waals surface area (Å²) >= 11 is 0. The molecule has 0 radical (unpaired) electrons. The summed E-state index contributed by atoms with van der Waals surface area (Å²) in [6, 6.07) is 21.2. The first kappa shape index (κ1) is 21.8. The number of likely N-dealkylation sites (tertiary alicyclic amines) is 1. The zero-order valence-corrected chi connectivity index (χ0v) is 19.7. The number of hydrogen-bond acceptors (Lipinski definition) is 4. The molecule has 2 N–H and O–H groups in total. The van der Waals surface area contributed by atoms with Gasteiger partial charge in [-0.2, -0.15) is 5.10 Å². The van der Waals surface area contributed by atoms with Gasteiger partial charge >= 0.3 is 6.03 Å². The molecule has 3 heterocycles. The van der Waals surface area contributed by atoms with Gasteiger partial charge in [0, 0.05) is 54.7 Å². The lowest BCUT2D eigenvalue weighted by Crippen LogP contribution is -2.52. The fourth-order valence-corrected chi connectivity index (χ4v) is 5.36. The van der Waals surface area contributed by atoms with E-state index in [2.05, 4.69) is 49.5 Å². The first-order chi connectivity index (χ1) is 17.2. The number of nitrogens with one attached hydrogen (secondary N) is 2. The van der Waals surface area contributed by atoms with E-state index in [0.717, 1.165) is 41.6 Å². The van der Waals surface area contributed by atoms with Gasteiger partial charge in [-0.1, -0.05) is 49.2 Å². The van der Waals surface area contributed by atoms with Crippen molar-refractivity contribution in [3.8, 4) is 11.3 Å². The zero-order valence-electron chi connectivity index (χ0n) is 19.7. The van der Waals surface area contributed by atoms with Gasteiger partial charge in [0.25, 0.3) is 0 Å². The fraction of sp³-hybridized carbons (Fsp3) is 0.321. The van der Waals surface area contributed by atoms with E-state index in [1.807, 2.05) is 36.4 Å². The number of aromatic nitrogens is 3. The number of rotatable bonds is 6. The molecular weight excluding hydrogens is 436 g/mol. The van der Waals surface area contributed by atoms with Crippen LogP contribution in [0.5, 0.6) is 0 Å². The molecule has 2 aromatic heterocycles. The molecule has 0 unspecified atom stereocenters. The Labute approximate surface area is 205 Å². The van der Waals surface area contributed by atoms with Crippen LogP contribution in [0.2, 0.25) is 0 Å². The van der Waals surface area contributed by atoms with E-state index in [0.29, 0.717) is 12.6 Å². The summed E-state index contributed by atoms with van der Waals surface area (Å²) in [5, 5.41) is 12.0. The summed E-state index contributed by atoms with van der Waals surface area (Å²) in [4.78, 5) is 19.0. The molecule has 0 bridgehead atoms. The van der Waals surface area contributed by atoms with Crippen LogP contribution in [0.15, 0.2) is 73.1 Å². The van der Waals surface area contributed by atoms with Crippen LogP contribution >= 0.6 is 0 Å². The second kappa shape index (κ2) is 9.50. The van der Waals surface area contributed by atoms with Crippen LogP contribution in [0.1, 0.15) is 37.3 Å². The SMILES string of the molecule is O=C(NCc1cccnc1)Nc1ccc(-c2nn(C3CN(C4CCCC4)C3)c3ccccc23)cc1. The van der Waals surface area contributed by atoms with Crippen LogP contribution < -0.4 is 10.6 Å². The number of amides is 2. The van der Waals surface area contributed by atoms with E-state index in [-0.39, 0.29) is 6.03 Å². The van der Waals surface area contributed by atoms with Gasteiger partial charge in [0.1, 0.15) is 5.69 Å². The van der Waals surface area contributed by atoms with E-state index in [1.165, 1.54) is 36.6 Å². The standard InChI is InChI=1S/C28H30N6O/c35-28(30-17-20-6-5-15-29-16-20)31-22-13-11-21(12-14-22)27-25-9-3-4-10-26(25)34(32-27)24-18-33(19-24)23-7-1-2-8-23/h3-6,9-16,23-24H,1-2,7-8,17-19H2,(H2,30,31,35). The fourth-order valence-electron chi connectivity index (χ4n) is 5.36. The van der Waals surface area contributed by atoms with Crippen LogP contribution in [-0.4, -0.2) is 44.8 Å². The molecule has 2 aliphatic rings. The van der Waals surface area contributed by atoms with Gasteiger partial charge in [-0.3, -0.25) is 14.6 Å². The van der Waals surface area contributed by atoms with E-state index >= 15 is 0 Å². The lowest BCUT2D eigenvalue weighted by Gasteiger charge is -2.43. The van der Waals surface area contributed by atoms with Gasteiger partial charge in [0.15, 0.2) is 0 Å². The molecule has 0 spiro atoms. The van der Waals surface area contributed by atoms with Crippen molar-refractivity contribution in [1.82, 2.24) is 25.0 Å². The predicted molar refractivity (Wildman–Crippen MR) is 138 cm³/mol. The number of fused-ring (bicyclic) bond motifs is 1. The Morgan fingerprint density at radius 2 is 1.74 bits per heavy atom. The van der Waals surface area contributed by atoms with Crippen molar-refractivity contribution >= 4 is 22.6 Å². The number of urea groups is 1. The summed E-state index contributed by atoms with van der Waals surface area (Å²) < 4.78 is 2.23. The molecule has 1 aliphatic heterocycles. The third kappa shape index (κ3) is 4.51. The summed E-state index contributed by atoms with van der Waals surface area (Å²) in [6.07, 6.45) is 8.90. The molecule has 7 nitrogen and oxygen atoms in total. The third-order valence-corrected chi connectivity index (χ3v) is 7.28. The smallest absolute Gasteiger partial charge is 0.319 e. The first-order valence-corrected chi connectivity index (χ1v) is 12.5. The third-order valence-electron chi connectivity index (χ3n) is 7.28. The van der Waals surface area contributed by atoms with Crippen LogP contribution in [0.4, 0.5) is 10.5 Å².